The summed E-state index contributed by atoms with van der Waals surface area (Å²) in [5, 5.41) is 16.6. The molecular formula is C7H3FN3+. The van der Waals surface area contributed by atoms with Gasteiger partial charge in [-0.05, 0) is 6.07 Å². The number of hydrogen-bond donors (Lipinski definition) is 0. The third kappa shape index (κ3) is 1.15. The quantitative estimate of drug-likeness (QED) is 0.536. The average molecular weight is 148 g/mol. The van der Waals surface area contributed by atoms with Crippen LogP contribution in [0.1, 0.15) is 11.4 Å². The van der Waals surface area contributed by atoms with Crippen LogP contribution in [-0.2, 0) is 0 Å². The summed E-state index contributed by atoms with van der Waals surface area (Å²) in [5.41, 5.74) is -0.354. The second-order valence-electron chi connectivity index (χ2n) is 1.80. The number of aromatic nitrogens is 1. The molecule has 3 nitrogen and oxygen atoms in total. The van der Waals surface area contributed by atoms with Crippen molar-refractivity contribution in [2.24, 2.45) is 0 Å². The number of rotatable bonds is 0. The van der Waals surface area contributed by atoms with E-state index in [1.807, 2.05) is 0 Å². The van der Waals surface area contributed by atoms with Crippen molar-refractivity contribution in [3.63, 3.8) is 0 Å². The highest BCUT2D eigenvalue weighted by Gasteiger charge is 2.15. The van der Waals surface area contributed by atoms with Crippen molar-refractivity contribution < 1.29 is 9.27 Å². The molecule has 0 spiro atoms. The van der Waals surface area contributed by atoms with Gasteiger partial charge in [-0.2, -0.15) is 10.5 Å². The fraction of sp³-hybridized carbons (Fsp3) is 0. The number of halogens is 1. The monoisotopic (exact) mass is 148 g/mol. The predicted molar refractivity (Wildman–Crippen MR) is 32.6 cm³/mol. The maximum Gasteiger partial charge on any atom is 0.331 e. The van der Waals surface area contributed by atoms with E-state index in [-0.39, 0.29) is 16.2 Å². The van der Waals surface area contributed by atoms with Gasteiger partial charge >= 0.3 is 11.4 Å². The molecule has 0 saturated heterocycles. The standard InChI is InChI=1S/C7H3FN3/c8-11-6(4-9)2-1-3-7(11)5-10/h1-3H/q+1. The summed E-state index contributed by atoms with van der Waals surface area (Å²) < 4.78 is 12.7. The van der Waals surface area contributed by atoms with E-state index in [0.29, 0.717) is 0 Å². The first-order valence-electron chi connectivity index (χ1n) is 2.81. The number of pyridine rings is 1. The van der Waals surface area contributed by atoms with Crippen LogP contribution in [0.25, 0.3) is 0 Å². The Labute approximate surface area is 62.5 Å². The lowest BCUT2D eigenvalue weighted by atomic mass is 10.3. The molecule has 52 valence electrons. The highest BCUT2D eigenvalue weighted by Crippen LogP contribution is 1.93. The van der Waals surface area contributed by atoms with Gasteiger partial charge in [0.2, 0.25) is 0 Å². The third-order valence-corrected chi connectivity index (χ3v) is 1.16. The van der Waals surface area contributed by atoms with E-state index in [0.717, 1.165) is 0 Å². The third-order valence-electron chi connectivity index (χ3n) is 1.16. The average Bonchev–Trinajstić information content (AvgIpc) is 2.05. The molecule has 0 radical (unpaired) electrons. The van der Waals surface area contributed by atoms with E-state index in [4.69, 9.17) is 10.5 Å². The lowest BCUT2D eigenvalue weighted by Gasteiger charge is -1.82. The molecule has 1 heterocycles. The number of hydrogen-bond acceptors (Lipinski definition) is 2. The molecule has 1 aromatic rings. The van der Waals surface area contributed by atoms with Gasteiger partial charge in [0.1, 0.15) is 0 Å². The van der Waals surface area contributed by atoms with E-state index in [9.17, 15) is 4.48 Å². The summed E-state index contributed by atoms with van der Waals surface area (Å²) in [6, 6.07) is 7.25. The maximum absolute atomic E-state index is 12.7. The van der Waals surface area contributed by atoms with Crippen LogP contribution < -0.4 is 4.79 Å². The molecular weight excluding hydrogens is 145 g/mol. The lowest BCUT2D eigenvalue weighted by molar-refractivity contribution is -0.847. The van der Waals surface area contributed by atoms with Gasteiger partial charge in [-0.1, -0.05) is 0 Å². The van der Waals surface area contributed by atoms with Crippen LogP contribution in [0.2, 0.25) is 0 Å². The van der Waals surface area contributed by atoms with E-state index < -0.39 is 0 Å². The smallest absolute Gasteiger partial charge is 0.186 e. The van der Waals surface area contributed by atoms with Crippen LogP contribution in [0.3, 0.4) is 0 Å². The molecule has 0 unspecified atom stereocenters. The second-order valence-corrected chi connectivity index (χ2v) is 1.80. The topological polar surface area (TPSA) is 51.5 Å². The minimum Gasteiger partial charge on any atom is -0.186 e. The van der Waals surface area contributed by atoms with Crippen LogP contribution >= 0.6 is 0 Å². The van der Waals surface area contributed by atoms with Crippen molar-refractivity contribution in [2.75, 3.05) is 0 Å². The second kappa shape index (κ2) is 2.76. The molecule has 0 fully saturated rings. The zero-order chi connectivity index (χ0) is 8.27. The first kappa shape index (κ1) is 7.17. The fourth-order valence-electron chi connectivity index (χ4n) is 0.653. The lowest BCUT2D eigenvalue weighted by Crippen LogP contribution is -2.30. The Kier molecular flexibility index (Phi) is 1.80. The van der Waals surface area contributed by atoms with Crippen molar-refractivity contribution in [1.29, 1.82) is 10.5 Å². The Morgan fingerprint density at radius 2 is 1.64 bits per heavy atom. The van der Waals surface area contributed by atoms with Gasteiger partial charge in [-0.25, -0.2) is 0 Å². The van der Waals surface area contributed by atoms with Gasteiger partial charge in [0.05, 0.1) is 9.27 Å². The molecule has 1 rings (SSSR count). The molecule has 0 aliphatic carbocycles. The van der Waals surface area contributed by atoms with Crippen molar-refractivity contribution in [3.05, 3.63) is 29.6 Å². The van der Waals surface area contributed by atoms with Gasteiger partial charge in [-0.15, -0.1) is 0 Å². The summed E-state index contributed by atoms with van der Waals surface area (Å²) in [5.74, 6) is 0. The van der Waals surface area contributed by atoms with E-state index >= 15 is 0 Å². The molecule has 0 aliphatic heterocycles. The highest BCUT2D eigenvalue weighted by atomic mass is 19.2. The van der Waals surface area contributed by atoms with Gasteiger partial charge in [0, 0.05) is 12.1 Å². The zero-order valence-electron chi connectivity index (χ0n) is 5.45. The SMILES string of the molecule is N#Cc1cccc(C#N)[n+]1F. The van der Waals surface area contributed by atoms with E-state index in [2.05, 4.69) is 0 Å². The minimum absolute atomic E-state index is 0.0556. The number of nitriles is 2. The van der Waals surface area contributed by atoms with Crippen molar-refractivity contribution in [1.82, 2.24) is 0 Å². The molecule has 0 aliphatic rings. The van der Waals surface area contributed by atoms with Crippen LogP contribution in [0.4, 0.5) is 4.48 Å². The zero-order valence-corrected chi connectivity index (χ0v) is 5.45. The maximum atomic E-state index is 12.7. The summed E-state index contributed by atoms with van der Waals surface area (Å²) in [7, 11) is 0. The largest absolute Gasteiger partial charge is 0.331 e. The Balaban J connectivity index is 3.38. The van der Waals surface area contributed by atoms with Gasteiger partial charge in [0.15, 0.2) is 12.1 Å². The minimum atomic E-state index is -0.177. The molecule has 4 heteroatoms. The van der Waals surface area contributed by atoms with Crippen molar-refractivity contribution >= 4 is 0 Å². The fourth-order valence-corrected chi connectivity index (χ4v) is 0.653. The van der Waals surface area contributed by atoms with Crippen molar-refractivity contribution in [3.8, 4) is 12.1 Å². The van der Waals surface area contributed by atoms with Crippen molar-refractivity contribution in [2.45, 2.75) is 0 Å². The predicted octanol–water partition coefficient (Wildman–Crippen LogP) is 0.450. The van der Waals surface area contributed by atoms with Gasteiger partial charge in [0.25, 0.3) is 0 Å². The van der Waals surface area contributed by atoms with E-state index in [1.165, 1.54) is 18.2 Å². The highest BCUT2D eigenvalue weighted by molar-refractivity contribution is 5.20. The molecule has 0 N–H and O–H groups in total. The molecule has 0 atom stereocenters. The molecule has 0 amide bonds. The summed E-state index contributed by atoms with van der Waals surface area (Å²) in [4.78, 5) is 0.0556. The Bertz CT molecular complexity index is 327. The Hall–Kier alpha value is -1.94. The molecule has 0 bridgehead atoms. The molecule has 0 saturated carbocycles. The van der Waals surface area contributed by atoms with Crippen LogP contribution in [-0.4, -0.2) is 0 Å². The molecule has 0 aromatic carbocycles. The van der Waals surface area contributed by atoms with Gasteiger partial charge in [-0.3, -0.25) is 0 Å². The van der Waals surface area contributed by atoms with Gasteiger partial charge < -0.3 is 0 Å². The summed E-state index contributed by atoms with van der Waals surface area (Å²) in [6.07, 6.45) is 0. The Morgan fingerprint density at radius 1 is 1.18 bits per heavy atom. The Morgan fingerprint density at radius 3 is 2.00 bits per heavy atom. The number of nitrogens with zero attached hydrogens (tertiary/aromatic N) is 3. The van der Waals surface area contributed by atoms with Crippen LogP contribution in [0, 0.1) is 22.7 Å². The summed E-state index contributed by atoms with van der Waals surface area (Å²) in [6.45, 7) is 0. The van der Waals surface area contributed by atoms with E-state index in [1.54, 1.807) is 12.1 Å². The van der Waals surface area contributed by atoms with Crippen LogP contribution in [0.5, 0.6) is 0 Å². The van der Waals surface area contributed by atoms with Crippen LogP contribution in [0.15, 0.2) is 18.2 Å². The molecule has 1 aromatic heterocycles. The normalized spacial score (nSPS) is 8.27. The first-order valence-corrected chi connectivity index (χ1v) is 2.81. The summed E-state index contributed by atoms with van der Waals surface area (Å²) >= 11 is 0. The first-order chi connectivity index (χ1) is 5.29. The molecule has 11 heavy (non-hydrogen) atoms.